The number of carbonyl (C=O) groups excluding carboxylic acids is 1. The highest BCUT2D eigenvalue weighted by molar-refractivity contribution is 8.00. The smallest absolute Gasteiger partial charge is 0.360 e. The second kappa shape index (κ2) is 9.48. The lowest BCUT2D eigenvalue weighted by Gasteiger charge is -2.34. The van der Waals surface area contributed by atoms with E-state index in [-0.39, 0.29) is 34.0 Å². The van der Waals surface area contributed by atoms with Gasteiger partial charge in [0.1, 0.15) is 10.6 Å². The van der Waals surface area contributed by atoms with Crippen molar-refractivity contribution in [1.29, 1.82) is 0 Å². The SMILES string of the molecule is CCOC(=O)c1cc(-c2ccc(OC)c(S(=O)(=O)N3CC(CC)Sc4ccccc43)c2)on1. The summed E-state index contributed by atoms with van der Waals surface area (Å²) in [5.41, 5.74) is 1.10. The Bertz CT molecular complexity index is 1270. The Morgan fingerprint density at radius 2 is 2.00 bits per heavy atom. The quantitative estimate of drug-likeness (QED) is 0.445. The molecule has 1 aliphatic heterocycles. The van der Waals surface area contributed by atoms with E-state index < -0.39 is 16.0 Å². The molecule has 1 aromatic heterocycles. The molecular weight excluding hydrogens is 464 g/mol. The number of nitrogens with zero attached hydrogens (tertiary/aromatic N) is 2. The number of para-hydroxylation sites is 1. The zero-order chi connectivity index (χ0) is 23.6. The number of rotatable bonds is 7. The monoisotopic (exact) mass is 488 g/mol. The van der Waals surface area contributed by atoms with Gasteiger partial charge in [0, 0.05) is 28.3 Å². The zero-order valence-corrected chi connectivity index (χ0v) is 20.1. The first-order valence-corrected chi connectivity index (χ1v) is 12.8. The van der Waals surface area contributed by atoms with Crippen molar-refractivity contribution < 1.29 is 27.2 Å². The fourth-order valence-electron chi connectivity index (χ4n) is 3.57. The third-order valence-electron chi connectivity index (χ3n) is 5.26. The fourth-order valence-corrected chi connectivity index (χ4v) is 6.64. The van der Waals surface area contributed by atoms with E-state index in [9.17, 15) is 13.2 Å². The normalized spacial score (nSPS) is 15.7. The number of fused-ring (bicyclic) bond motifs is 1. The minimum atomic E-state index is -3.97. The molecule has 0 spiro atoms. The van der Waals surface area contributed by atoms with Gasteiger partial charge in [0.05, 0.1) is 19.4 Å². The number of hydrogen-bond donors (Lipinski definition) is 0. The van der Waals surface area contributed by atoms with E-state index >= 15 is 0 Å². The van der Waals surface area contributed by atoms with Crippen LogP contribution in [0.15, 0.2) is 62.8 Å². The first kappa shape index (κ1) is 23.2. The molecule has 8 nitrogen and oxygen atoms in total. The number of anilines is 1. The summed E-state index contributed by atoms with van der Waals surface area (Å²) >= 11 is 1.69. The fraction of sp³-hybridized carbons (Fsp3) is 0.304. The molecule has 0 saturated carbocycles. The van der Waals surface area contributed by atoms with Crippen molar-refractivity contribution in [3.8, 4) is 17.1 Å². The average Bonchev–Trinajstić information content (AvgIpc) is 3.33. The summed E-state index contributed by atoms with van der Waals surface area (Å²) in [6, 6.07) is 13.6. The Balaban J connectivity index is 1.78. The molecule has 1 atom stereocenters. The van der Waals surface area contributed by atoms with E-state index in [1.807, 2.05) is 31.2 Å². The molecule has 0 bridgehead atoms. The number of benzene rings is 2. The summed E-state index contributed by atoms with van der Waals surface area (Å²) in [6.45, 7) is 4.30. The van der Waals surface area contributed by atoms with Gasteiger partial charge in [-0.25, -0.2) is 13.2 Å². The predicted molar refractivity (Wildman–Crippen MR) is 125 cm³/mol. The van der Waals surface area contributed by atoms with Crippen molar-refractivity contribution in [2.75, 3.05) is 24.6 Å². The van der Waals surface area contributed by atoms with Gasteiger partial charge in [-0.15, -0.1) is 11.8 Å². The van der Waals surface area contributed by atoms with E-state index in [1.165, 1.54) is 23.5 Å². The number of thioether (sulfide) groups is 1. The molecule has 0 radical (unpaired) electrons. The lowest BCUT2D eigenvalue weighted by Crippen LogP contribution is -2.39. The number of ether oxygens (including phenoxy) is 2. The maximum atomic E-state index is 13.9. The van der Waals surface area contributed by atoms with Crippen LogP contribution in [-0.4, -0.2) is 45.1 Å². The lowest BCUT2D eigenvalue weighted by atomic mass is 10.1. The molecule has 0 aliphatic carbocycles. The van der Waals surface area contributed by atoms with E-state index in [0.29, 0.717) is 17.8 Å². The van der Waals surface area contributed by atoms with Crippen LogP contribution in [0.25, 0.3) is 11.3 Å². The van der Waals surface area contributed by atoms with Gasteiger partial charge in [0.25, 0.3) is 10.0 Å². The summed E-state index contributed by atoms with van der Waals surface area (Å²) in [4.78, 5) is 12.9. The highest BCUT2D eigenvalue weighted by atomic mass is 32.2. The van der Waals surface area contributed by atoms with Crippen LogP contribution in [0.1, 0.15) is 30.8 Å². The van der Waals surface area contributed by atoms with Gasteiger partial charge < -0.3 is 14.0 Å². The molecule has 0 N–H and O–H groups in total. The molecule has 2 aromatic carbocycles. The number of esters is 1. The summed E-state index contributed by atoms with van der Waals surface area (Å²) in [6.07, 6.45) is 0.830. The minimum absolute atomic E-state index is 0.00754. The van der Waals surface area contributed by atoms with Gasteiger partial charge in [-0.1, -0.05) is 24.2 Å². The van der Waals surface area contributed by atoms with Crippen molar-refractivity contribution >= 4 is 33.4 Å². The summed E-state index contributed by atoms with van der Waals surface area (Å²) in [5.74, 6) is -0.146. The molecule has 2 heterocycles. The topological polar surface area (TPSA) is 98.9 Å². The second-order valence-corrected chi connectivity index (χ2v) is 10.5. The van der Waals surface area contributed by atoms with Gasteiger partial charge in [-0.05, 0) is 43.7 Å². The van der Waals surface area contributed by atoms with Crippen LogP contribution in [0.3, 0.4) is 0 Å². The standard InChI is InChI=1S/C23H24N2O6S2/c1-4-16-14-25(18-8-6-7-9-21(18)32-16)33(27,28)22-12-15(10-11-19(22)29-3)20-13-17(24-31-20)23(26)30-5-2/h6-13,16H,4-5,14H2,1-3H3. The molecule has 0 amide bonds. The Labute approximate surface area is 196 Å². The van der Waals surface area contributed by atoms with Crippen LogP contribution in [-0.2, 0) is 14.8 Å². The molecular formula is C23H24N2O6S2. The molecule has 0 fully saturated rings. The zero-order valence-electron chi connectivity index (χ0n) is 18.5. The van der Waals surface area contributed by atoms with Crippen molar-refractivity contribution in [2.24, 2.45) is 0 Å². The van der Waals surface area contributed by atoms with Gasteiger partial charge in [0.2, 0.25) is 0 Å². The third-order valence-corrected chi connectivity index (χ3v) is 8.48. The summed E-state index contributed by atoms with van der Waals surface area (Å²) < 4.78 is 44.9. The van der Waals surface area contributed by atoms with Crippen LogP contribution in [0.5, 0.6) is 5.75 Å². The molecule has 4 rings (SSSR count). The van der Waals surface area contributed by atoms with Gasteiger partial charge in [-0.3, -0.25) is 4.31 Å². The van der Waals surface area contributed by atoms with Crippen LogP contribution in [0.4, 0.5) is 5.69 Å². The molecule has 1 aliphatic rings. The predicted octanol–water partition coefficient (Wildman–Crippen LogP) is 4.61. The highest BCUT2D eigenvalue weighted by Crippen LogP contribution is 2.43. The lowest BCUT2D eigenvalue weighted by molar-refractivity contribution is 0.0514. The van der Waals surface area contributed by atoms with Crippen LogP contribution in [0, 0.1) is 0 Å². The Kier molecular flexibility index (Phi) is 6.66. The molecule has 33 heavy (non-hydrogen) atoms. The number of carbonyl (C=O) groups is 1. The molecule has 174 valence electrons. The molecule has 10 heteroatoms. The number of aromatic nitrogens is 1. The van der Waals surface area contributed by atoms with Crippen LogP contribution < -0.4 is 9.04 Å². The van der Waals surface area contributed by atoms with Gasteiger partial charge in [-0.2, -0.15) is 0 Å². The van der Waals surface area contributed by atoms with Gasteiger partial charge in [0.15, 0.2) is 11.5 Å². The van der Waals surface area contributed by atoms with Crippen molar-refractivity contribution in [1.82, 2.24) is 5.16 Å². The number of sulfonamides is 1. The summed E-state index contributed by atoms with van der Waals surface area (Å²) in [5, 5.41) is 3.87. The van der Waals surface area contributed by atoms with E-state index in [4.69, 9.17) is 14.0 Å². The largest absolute Gasteiger partial charge is 0.495 e. The number of hydrogen-bond acceptors (Lipinski definition) is 8. The Morgan fingerprint density at radius 3 is 2.73 bits per heavy atom. The molecule has 1 unspecified atom stereocenters. The number of methoxy groups -OCH3 is 1. The maximum absolute atomic E-state index is 13.9. The molecule has 0 saturated heterocycles. The Hall–Kier alpha value is -2.98. The third kappa shape index (κ3) is 4.45. The van der Waals surface area contributed by atoms with Crippen molar-refractivity contribution in [3.63, 3.8) is 0 Å². The van der Waals surface area contributed by atoms with Crippen molar-refractivity contribution in [2.45, 2.75) is 35.3 Å². The highest BCUT2D eigenvalue weighted by Gasteiger charge is 2.35. The minimum Gasteiger partial charge on any atom is -0.495 e. The first-order valence-electron chi connectivity index (χ1n) is 10.5. The van der Waals surface area contributed by atoms with E-state index in [2.05, 4.69) is 5.16 Å². The second-order valence-electron chi connectivity index (χ2n) is 7.31. The van der Waals surface area contributed by atoms with Crippen molar-refractivity contribution in [3.05, 3.63) is 54.2 Å². The molecule has 3 aromatic rings. The van der Waals surface area contributed by atoms with Gasteiger partial charge >= 0.3 is 5.97 Å². The van der Waals surface area contributed by atoms with E-state index in [0.717, 1.165) is 11.3 Å². The maximum Gasteiger partial charge on any atom is 0.360 e. The van der Waals surface area contributed by atoms with Crippen LogP contribution >= 0.6 is 11.8 Å². The first-order chi connectivity index (χ1) is 15.9. The van der Waals surface area contributed by atoms with E-state index in [1.54, 1.807) is 30.8 Å². The average molecular weight is 489 g/mol. The van der Waals surface area contributed by atoms with Crippen LogP contribution in [0.2, 0.25) is 0 Å². The summed E-state index contributed by atoms with van der Waals surface area (Å²) in [7, 11) is -2.54. The Morgan fingerprint density at radius 1 is 1.21 bits per heavy atom.